The fourth-order valence-corrected chi connectivity index (χ4v) is 1.91. The fraction of sp³-hybridized carbons (Fsp3) is 0.588. The Balaban J connectivity index is 2.80. The summed E-state index contributed by atoms with van der Waals surface area (Å²) >= 11 is 0. The molecule has 1 rings (SSSR count). The second-order valence-corrected chi connectivity index (χ2v) is 5.33. The number of carboxylic acid groups (broad SMARTS) is 1. The van der Waals surface area contributed by atoms with Gasteiger partial charge in [0.1, 0.15) is 6.04 Å². The number of carboxylic acids is 1. The summed E-state index contributed by atoms with van der Waals surface area (Å²) in [5.74, 6) is 0.369. The maximum atomic E-state index is 10.9. The topological polar surface area (TPSA) is 81.8 Å². The van der Waals surface area contributed by atoms with E-state index in [1.165, 1.54) is 0 Å². The molecule has 0 unspecified atom stereocenters. The first-order valence-electron chi connectivity index (χ1n) is 7.95. The van der Waals surface area contributed by atoms with E-state index in [0.717, 1.165) is 31.2 Å². The minimum absolute atomic E-state index is 0.273. The molecule has 0 fully saturated rings. The van der Waals surface area contributed by atoms with Crippen LogP contribution in [0.15, 0.2) is 18.2 Å². The molecule has 0 spiro atoms. The number of benzene rings is 1. The Morgan fingerprint density at radius 3 is 2.27 bits per heavy atom. The molecule has 1 aromatic carbocycles. The van der Waals surface area contributed by atoms with Crippen molar-refractivity contribution < 1.29 is 19.4 Å². The third kappa shape index (κ3) is 6.35. The Kier molecular flexibility index (Phi) is 8.36. The van der Waals surface area contributed by atoms with Gasteiger partial charge in [0, 0.05) is 0 Å². The molecule has 0 bridgehead atoms. The van der Waals surface area contributed by atoms with Gasteiger partial charge in [0.25, 0.3) is 0 Å². The lowest BCUT2D eigenvalue weighted by atomic mass is 10.1. The first-order chi connectivity index (χ1) is 10.6. The number of rotatable bonds is 11. The molecule has 0 heterocycles. The zero-order valence-corrected chi connectivity index (χ0v) is 13.5. The van der Waals surface area contributed by atoms with Gasteiger partial charge in [-0.05, 0) is 37.0 Å². The average molecular weight is 309 g/mol. The van der Waals surface area contributed by atoms with E-state index >= 15 is 0 Å². The summed E-state index contributed by atoms with van der Waals surface area (Å²) < 4.78 is 11.5. The van der Waals surface area contributed by atoms with Crippen LogP contribution in [-0.2, 0) is 11.2 Å². The minimum atomic E-state index is -1.00. The van der Waals surface area contributed by atoms with Crippen LogP contribution in [0.1, 0.15) is 45.1 Å². The molecule has 0 amide bonds. The molecule has 0 radical (unpaired) electrons. The molecule has 0 aromatic heterocycles. The van der Waals surface area contributed by atoms with Crippen molar-refractivity contribution in [2.45, 2.75) is 52.0 Å². The smallest absolute Gasteiger partial charge is 0.320 e. The molecule has 0 aliphatic rings. The summed E-state index contributed by atoms with van der Waals surface area (Å²) in [7, 11) is 0. The summed E-state index contributed by atoms with van der Waals surface area (Å²) in [6.07, 6.45) is 4.34. The molecule has 22 heavy (non-hydrogen) atoms. The van der Waals surface area contributed by atoms with Gasteiger partial charge in [-0.3, -0.25) is 4.79 Å². The highest BCUT2D eigenvalue weighted by Crippen LogP contribution is 2.29. The lowest BCUT2D eigenvalue weighted by Crippen LogP contribution is -2.32. The van der Waals surface area contributed by atoms with Gasteiger partial charge in [0.2, 0.25) is 0 Å². The summed E-state index contributed by atoms with van der Waals surface area (Å²) in [5, 5.41) is 8.90. The molecule has 1 atom stereocenters. The third-order valence-corrected chi connectivity index (χ3v) is 3.29. The maximum absolute atomic E-state index is 10.9. The Labute approximate surface area is 132 Å². The van der Waals surface area contributed by atoms with E-state index in [0.29, 0.717) is 24.7 Å². The van der Waals surface area contributed by atoms with E-state index < -0.39 is 12.0 Å². The van der Waals surface area contributed by atoms with Crippen molar-refractivity contribution >= 4 is 5.97 Å². The van der Waals surface area contributed by atoms with Crippen LogP contribution in [-0.4, -0.2) is 30.3 Å². The molecule has 0 aliphatic heterocycles. The molecule has 124 valence electrons. The number of nitrogens with two attached hydrogens (primary N) is 1. The molecular weight excluding hydrogens is 282 g/mol. The van der Waals surface area contributed by atoms with E-state index in [1.54, 1.807) is 0 Å². The van der Waals surface area contributed by atoms with Gasteiger partial charge in [0.15, 0.2) is 11.5 Å². The highest BCUT2D eigenvalue weighted by atomic mass is 16.5. The van der Waals surface area contributed by atoms with E-state index in [2.05, 4.69) is 13.8 Å². The summed E-state index contributed by atoms with van der Waals surface area (Å²) in [6, 6.07) is 4.60. The van der Waals surface area contributed by atoms with Crippen LogP contribution < -0.4 is 15.2 Å². The van der Waals surface area contributed by atoms with E-state index in [-0.39, 0.29) is 6.42 Å². The molecule has 0 saturated heterocycles. The van der Waals surface area contributed by atoms with Crippen LogP contribution in [0.2, 0.25) is 0 Å². The average Bonchev–Trinajstić information content (AvgIpc) is 2.49. The van der Waals surface area contributed by atoms with Crippen LogP contribution >= 0.6 is 0 Å². The van der Waals surface area contributed by atoms with Gasteiger partial charge in [-0.1, -0.05) is 32.8 Å². The zero-order chi connectivity index (χ0) is 16.4. The van der Waals surface area contributed by atoms with Gasteiger partial charge in [-0.15, -0.1) is 0 Å². The standard InChI is InChI=1S/C17H27NO4/c1-3-5-9-21-15-8-7-13(11-14(18)17(19)20)12-16(15)22-10-6-4-2/h7-8,12,14H,3-6,9-11,18H2,1-2H3,(H,19,20)/t14-/m0/s1. The van der Waals surface area contributed by atoms with Crippen molar-refractivity contribution in [2.75, 3.05) is 13.2 Å². The van der Waals surface area contributed by atoms with Gasteiger partial charge in [-0.2, -0.15) is 0 Å². The first kappa shape index (κ1) is 18.3. The van der Waals surface area contributed by atoms with Gasteiger partial charge >= 0.3 is 5.97 Å². The highest BCUT2D eigenvalue weighted by molar-refractivity contribution is 5.73. The minimum Gasteiger partial charge on any atom is -0.490 e. The van der Waals surface area contributed by atoms with Crippen molar-refractivity contribution in [1.82, 2.24) is 0 Å². The molecular formula is C17H27NO4. The maximum Gasteiger partial charge on any atom is 0.320 e. The number of carbonyl (C=O) groups is 1. The summed E-state index contributed by atoms with van der Waals surface area (Å²) in [4.78, 5) is 10.9. The van der Waals surface area contributed by atoms with Gasteiger partial charge in [-0.25, -0.2) is 0 Å². The van der Waals surface area contributed by atoms with Crippen LogP contribution in [0.25, 0.3) is 0 Å². The fourth-order valence-electron chi connectivity index (χ4n) is 1.91. The molecule has 3 N–H and O–H groups in total. The highest BCUT2D eigenvalue weighted by Gasteiger charge is 2.14. The number of ether oxygens (including phenoxy) is 2. The Morgan fingerprint density at radius 2 is 1.73 bits per heavy atom. The van der Waals surface area contributed by atoms with Gasteiger partial charge in [0.05, 0.1) is 13.2 Å². The van der Waals surface area contributed by atoms with Crippen LogP contribution in [0.3, 0.4) is 0 Å². The summed E-state index contributed by atoms with van der Waals surface area (Å²) in [5.41, 5.74) is 6.42. The van der Waals surface area contributed by atoms with E-state index in [1.807, 2.05) is 18.2 Å². The Bertz CT molecular complexity index is 462. The van der Waals surface area contributed by atoms with E-state index in [4.69, 9.17) is 20.3 Å². The van der Waals surface area contributed by atoms with Crippen molar-refractivity contribution in [3.05, 3.63) is 23.8 Å². The SMILES string of the molecule is CCCCOc1ccc(C[C@H](N)C(=O)O)cc1OCCCC. The van der Waals surface area contributed by atoms with Crippen molar-refractivity contribution in [1.29, 1.82) is 0 Å². The second kappa shape index (κ2) is 10.1. The largest absolute Gasteiger partial charge is 0.490 e. The quantitative estimate of drug-likeness (QED) is 0.614. The van der Waals surface area contributed by atoms with Crippen LogP contribution in [0.5, 0.6) is 11.5 Å². The van der Waals surface area contributed by atoms with Gasteiger partial charge < -0.3 is 20.3 Å². The first-order valence-corrected chi connectivity index (χ1v) is 7.95. The molecule has 0 aliphatic carbocycles. The number of hydrogen-bond donors (Lipinski definition) is 2. The van der Waals surface area contributed by atoms with Crippen molar-refractivity contribution in [3.8, 4) is 11.5 Å². The zero-order valence-electron chi connectivity index (χ0n) is 13.5. The van der Waals surface area contributed by atoms with Crippen molar-refractivity contribution in [3.63, 3.8) is 0 Å². The Morgan fingerprint density at radius 1 is 1.14 bits per heavy atom. The summed E-state index contributed by atoms with van der Waals surface area (Å²) in [6.45, 7) is 5.48. The molecule has 1 aromatic rings. The number of aliphatic carboxylic acids is 1. The molecule has 0 saturated carbocycles. The van der Waals surface area contributed by atoms with Crippen LogP contribution in [0, 0.1) is 0 Å². The lowest BCUT2D eigenvalue weighted by Gasteiger charge is -2.15. The van der Waals surface area contributed by atoms with Crippen LogP contribution in [0.4, 0.5) is 0 Å². The van der Waals surface area contributed by atoms with Crippen molar-refractivity contribution in [2.24, 2.45) is 5.73 Å². The second-order valence-electron chi connectivity index (χ2n) is 5.33. The number of hydrogen-bond acceptors (Lipinski definition) is 4. The predicted molar refractivity (Wildman–Crippen MR) is 86.6 cm³/mol. The number of unbranched alkanes of at least 4 members (excludes halogenated alkanes) is 2. The molecule has 5 nitrogen and oxygen atoms in total. The third-order valence-electron chi connectivity index (χ3n) is 3.29. The molecule has 5 heteroatoms. The van der Waals surface area contributed by atoms with E-state index in [9.17, 15) is 4.79 Å². The normalized spacial score (nSPS) is 12.0. The Hall–Kier alpha value is -1.75. The predicted octanol–water partition coefficient (Wildman–Crippen LogP) is 3.00. The monoisotopic (exact) mass is 309 g/mol. The lowest BCUT2D eigenvalue weighted by molar-refractivity contribution is -0.138.